The van der Waals surface area contributed by atoms with Crippen molar-refractivity contribution in [3.8, 4) is 0 Å². The van der Waals surface area contributed by atoms with E-state index in [1.807, 2.05) is 0 Å². The third-order valence-electron chi connectivity index (χ3n) is 3.46. The zero-order valence-electron chi connectivity index (χ0n) is 11.2. The fourth-order valence-corrected chi connectivity index (χ4v) is 2.51. The first kappa shape index (κ1) is 14.7. The van der Waals surface area contributed by atoms with Gasteiger partial charge >= 0.3 is 6.18 Å². The molecule has 2 unspecified atom stereocenters. The molecule has 22 heavy (non-hydrogen) atoms. The lowest BCUT2D eigenvalue weighted by Gasteiger charge is -2.11. The van der Waals surface area contributed by atoms with Gasteiger partial charge in [-0.3, -0.25) is 4.79 Å². The normalized spacial score (nSPS) is 20.9. The molecule has 1 aliphatic rings. The van der Waals surface area contributed by atoms with Crippen molar-refractivity contribution in [2.45, 2.75) is 31.2 Å². The molecule has 1 aliphatic heterocycles. The Morgan fingerprint density at radius 1 is 1.27 bits per heavy atom. The summed E-state index contributed by atoms with van der Waals surface area (Å²) in [6, 6.07) is 8.41. The maximum atomic E-state index is 14.0. The van der Waals surface area contributed by atoms with Crippen LogP contribution in [-0.2, 0) is 0 Å². The third kappa shape index (κ3) is 2.72. The summed E-state index contributed by atoms with van der Waals surface area (Å²) in [6.07, 6.45) is -7.64. The largest absolute Gasteiger partial charge is 0.396 e. The van der Waals surface area contributed by atoms with E-state index in [1.54, 1.807) is 30.3 Å². The van der Waals surface area contributed by atoms with E-state index < -0.39 is 36.4 Å². The highest BCUT2D eigenvalue weighted by Gasteiger charge is 2.38. The molecule has 0 N–H and O–H groups in total. The average Bonchev–Trinajstić information content (AvgIpc) is 2.99. The van der Waals surface area contributed by atoms with Gasteiger partial charge in [-0.2, -0.15) is 13.2 Å². The van der Waals surface area contributed by atoms with Crippen LogP contribution in [0.2, 0.25) is 0 Å². The Morgan fingerprint density at radius 3 is 2.59 bits per heavy atom. The van der Waals surface area contributed by atoms with Crippen LogP contribution in [0.1, 0.15) is 47.1 Å². The first-order valence-electron chi connectivity index (χ1n) is 6.60. The summed E-state index contributed by atoms with van der Waals surface area (Å²) >= 11 is 0. The van der Waals surface area contributed by atoms with Crippen molar-refractivity contribution in [3.05, 3.63) is 47.5 Å². The van der Waals surface area contributed by atoms with Gasteiger partial charge in [-0.15, -0.1) is 5.10 Å². The summed E-state index contributed by atoms with van der Waals surface area (Å²) in [7, 11) is 0. The summed E-state index contributed by atoms with van der Waals surface area (Å²) in [5, 5.41) is 3.80. The van der Waals surface area contributed by atoms with Crippen molar-refractivity contribution in [3.63, 3.8) is 0 Å². The van der Waals surface area contributed by atoms with E-state index in [1.165, 1.54) is 4.68 Å². The number of aromatic nitrogens is 3. The summed E-state index contributed by atoms with van der Waals surface area (Å²) in [5.74, 6) is -1.94. The molecule has 0 saturated carbocycles. The van der Waals surface area contributed by atoms with Crippen LogP contribution in [0.15, 0.2) is 30.3 Å². The minimum Gasteiger partial charge on any atom is -0.290 e. The number of hydrogen-bond donors (Lipinski definition) is 0. The highest BCUT2D eigenvalue weighted by molar-refractivity contribution is 5.92. The van der Waals surface area contributed by atoms with Gasteiger partial charge in [-0.1, -0.05) is 30.3 Å². The first-order valence-corrected chi connectivity index (χ1v) is 6.60. The molecule has 4 nitrogen and oxygen atoms in total. The van der Waals surface area contributed by atoms with Crippen molar-refractivity contribution >= 4 is 5.78 Å². The van der Waals surface area contributed by atoms with Gasteiger partial charge in [0, 0.05) is 6.42 Å². The summed E-state index contributed by atoms with van der Waals surface area (Å²) < 4.78 is 52.0. The van der Waals surface area contributed by atoms with Crippen LogP contribution in [0.25, 0.3) is 0 Å². The highest BCUT2D eigenvalue weighted by Crippen LogP contribution is 2.39. The average molecular weight is 313 g/mol. The van der Waals surface area contributed by atoms with Crippen LogP contribution >= 0.6 is 0 Å². The van der Waals surface area contributed by atoms with E-state index in [-0.39, 0.29) is 12.2 Å². The Balaban J connectivity index is 1.92. The number of alkyl halides is 4. The predicted octanol–water partition coefficient (Wildman–Crippen LogP) is 3.42. The maximum absolute atomic E-state index is 14.0. The minimum atomic E-state index is -4.64. The van der Waals surface area contributed by atoms with E-state index in [0.717, 1.165) is 5.56 Å². The maximum Gasteiger partial charge on any atom is 0.396 e. The predicted molar refractivity (Wildman–Crippen MR) is 68.1 cm³/mol. The Kier molecular flexibility index (Phi) is 3.46. The fourth-order valence-electron chi connectivity index (χ4n) is 2.51. The Labute approximate surface area is 122 Å². The molecule has 0 spiro atoms. The molecule has 0 fully saturated rings. The number of ketones is 1. The summed E-state index contributed by atoms with van der Waals surface area (Å²) in [5.41, 5.74) is 0.767. The molecule has 116 valence electrons. The molecule has 0 amide bonds. The zero-order chi connectivity index (χ0) is 15.9. The second kappa shape index (κ2) is 5.19. The van der Waals surface area contributed by atoms with Crippen LogP contribution in [0, 0.1) is 0 Å². The lowest BCUT2D eigenvalue weighted by molar-refractivity contribution is -0.125. The Morgan fingerprint density at radius 2 is 1.95 bits per heavy atom. The van der Waals surface area contributed by atoms with Crippen LogP contribution in [-0.4, -0.2) is 26.7 Å². The van der Waals surface area contributed by atoms with E-state index in [0.29, 0.717) is 0 Å². The van der Waals surface area contributed by atoms with Crippen LogP contribution in [0.3, 0.4) is 0 Å². The molecule has 3 rings (SSSR count). The number of nitrogens with zero attached hydrogens (tertiary/aromatic N) is 3. The fraction of sp³-hybridized carbons (Fsp3) is 0.357. The van der Waals surface area contributed by atoms with E-state index >= 15 is 0 Å². The molecule has 8 heteroatoms. The van der Waals surface area contributed by atoms with Crippen LogP contribution in [0.5, 0.6) is 0 Å². The Hall–Kier alpha value is -2.25. The molecule has 0 saturated heterocycles. The number of halogens is 4. The quantitative estimate of drug-likeness (QED) is 0.644. The molecular formula is C14H11F4N3O. The van der Waals surface area contributed by atoms with E-state index in [2.05, 4.69) is 10.1 Å². The number of rotatable bonds is 3. The second-order valence-corrected chi connectivity index (χ2v) is 5.08. The van der Waals surface area contributed by atoms with E-state index in [9.17, 15) is 22.4 Å². The van der Waals surface area contributed by atoms with Crippen LogP contribution < -0.4 is 0 Å². The number of carbonyl (C=O) groups is 1. The number of carbonyl (C=O) groups excluding carboxylic acids is 1. The molecular weight excluding hydrogens is 302 g/mol. The van der Waals surface area contributed by atoms with Gasteiger partial charge in [0.2, 0.25) is 11.6 Å². The molecule has 0 radical (unpaired) electrons. The van der Waals surface area contributed by atoms with Gasteiger partial charge in [-0.25, -0.2) is 14.1 Å². The van der Waals surface area contributed by atoms with E-state index in [4.69, 9.17) is 0 Å². The standard InChI is InChI=1S/C14H11F4N3O/c15-9-6-10(8-4-2-1-3-5-8)21-13(9)19-12(20-21)11(22)7-14(16,17)18/h1-5,9-10H,6-7H2. The number of hydrogen-bond acceptors (Lipinski definition) is 3. The van der Waals surface area contributed by atoms with Crippen molar-refractivity contribution in [2.75, 3.05) is 0 Å². The van der Waals surface area contributed by atoms with Gasteiger partial charge in [0.15, 0.2) is 12.0 Å². The topological polar surface area (TPSA) is 47.8 Å². The van der Waals surface area contributed by atoms with Crippen molar-refractivity contribution in [1.29, 1.82) is 0 Å². The second-order valence-electron chi connectivity index (χ2n) is 5.08. The number of fused-ring (bicyclic) bond motifs is 1. The van der Waals surface area contributed by atoms with Crippen molar-refractivity contribution in [1.82, 2.24) is 14.8 Å². The molecule has 1 aromatic heterocycles. The molecule has 1 aromatic carbocycles. The lowest BCUT2D eigenvalue weighted by atomic mass is 10.0. The number of benzene rings is 1. The summed E-state index contributed by atoms with van der Waals surface area (Å²) in [6.45, 7) is 0. The smallest absolute Gasteiger partial charge is 0.290 e. The minimum absolute atomic E-state index is 0.0978. The van der Waals surface area contributed by atoms with Gasteiger partial charge in [0.25, 0.3) is 0 Å². The summed E-state index contributed by atoms with van der Waals surface area (Å²) in [4.78, 5) is 15.2. The van der Waals surface area contributed by atoms with Gasteiger partial charge in [0.1, 0.15) is 6.42 Å². The van der Waals surface area contributed by atoms with Crippen LogP contribution in [0.4, 0.5) is 17.6 Å². The van der Waals surface area contributed by atoms with Crippen molar-refractivity contribution in [2.24, 2.45) is 0 Å². The molecule has 2 heterocycles. The monoisotopic (exact) mass is 313 g/mol. The van der Waals surface area contributed by atoms with Gasteiger partial charge < -0.3 is 0 Å². The van der Waals surface area contributed by atoms with Gasteiger partial charge in [0.05, 0.1) is 6.04 Å². The third-order valence-corrected chi connectivity index (χ3v) is 3.46. The lowest BCUT2D eigenvalue weighted by Crippen LogP contribution is -2.17. The molecule has 0 aliphatic carbocycles. The zero-order valence-corrected chi connectivity index (χ0v) is 11.2. The number of Topliss-reactive ketones (excluding diaryl/α,β-unsaturated/α-hetero) is 1. The molecule has 2 aromatic rings. The first-order chi connectivity index (χ1) is 10.3. The molecule has 0 bridgehead atoms. The van der Waals surface area contributed by atoms with Gasteiger partial charge in [-0.05, 0) is 5.56 Å². The van der Waals surface area contributed by atoms with Crippen molar-refractivity contribution < 1.29 is 22.4 Å². The highest BCUT2D eigenvalue weighted by atomic mass is 19.4. The SMILES string of the molecule is O=C(CC(F)(F)F)c1nc2n(n1)C(c1ccccc1)CC2F. The Bertz CT molecular complexity index is 696. The molecule has 2 atom stereocenters.